The van der Waals surface area contributed by atoms with Gasteiger partial charge in [0, 0.05) is 19.2 Å². The second-order valence-electron chi connectivity index (χ2n) is 4.86. The van der Waals surface area contributed by atoms with E-state index in [1.54, 1.807) is 19.1 Å². The third-order valence-electron chi connectivity index (χ3n) is 3.04. The Morgan fingerprint density at radius 1 is 1.29 bits per heavy atom. The zero-order valence-electron chi connectivity index (χ0n) is 13.3. The second kappa shape index (κ2) is 8.51. The van der Waals surface area contributed by atoms with Gasteiger partial charge in [-0.1, -0.05) is 0 Å². The zero-order chi connectivity index (χ0) is 17.5. The summed E-state index contributed by atoms with van der Waals surface area (Å²) in [4.78, 5) is 28.2. The molecule has 0 unspecified atom stereocenters. The Hall–Kier alpha value is -2.32. The summed E-state index contributed by atoms with van der Waals surface area (Å²) in [5.74, 6) is -1.35. The molecule has 6 nitrogen and oxygen atoms in total. The molecular formula is C16H17FN2O4S. The molecule has 2 aromatic rings. The highest BCUT2D eigenvalue weighted by Gasteiger charge is 2.18. The highest BCUT2D eigenvalue weighted by Crippen LogP contribution is 2.28. The Morgan fingerprint density at radius 2 is 2.00 bits per heavy atom. The van der Waals surface area contributed by atoms with Crippen molar-refractivity contribution in [2.75, 3.05) is 26.9 Å². The van der Waals surface area contributed by atoms with E-state index < -0.39 is 11.9 Å². The van der Waals surface area contributed by atoms with Gasteiger partial charge in [0.2, 0.25) is 0 Å². The maximum absolute atomic E-state index is 13.0. The van der Waals surface area contributed by atoms with Gasteiger partial charge in [0.25, 0.3) is 5.91 Å². The van der Waals surface area contributed by atoms with Gasteiger partial charge < -0.3 is 14.8 Å². The minimum atomic E-state index is -0.611. The minimum absolute atomic E-state index is 0.319. The number of aryl methyl sites for hydroxylation is 1. The minimum Gasteiger partial charge on any atom is -0.451 e. The topological polar surface area (TPSA) is 77.5 Å². The molecule has 24 heavy (non-hydrogen) atoms. The number of carbonyl (C=O) groups excluding carboxylic acids is 2. The summed E-state index contributed by atoms with van der Waals surface area (Å²) in [6.45, 7) is 2.04. The Labute approximate surface area is 142 Å². The van der Waals surface area contributed by atoms with Crippen molar-refractivity contribution >= 4 is 23.2 Å². The number of thiazole rings is 1. The molecule has 128 valence electrons. The third kappa shape index (κ3) is 4.84. The van der Waals surface area contributed by atoms with Crippen LogP contribution < -0.4 is 5.32 Å². The number of nitrogens with zero attached hydrogens (tertiary/aromatic N) is 1. The lowest BCUT2D eigenvalue weighted by molar-refractivity contribution is -0.124. The fraction of sp³-hybridized carbons (Fsp3) is 0.312. The van der Waals surface area contributed by atoms with Crippen LogP contribution in [0, 0.1) is 12.7 Å². The summed E-state index contributed by atoms with van der Waals surface area (Å²) in [7, 11) is 1.53. The van der Waals surface area contributed by atoms with E-state index in [4.69, 9.17) is 9.47 Å². The van der Waals surface area contributed by atoms with Crippen molar-refractivity contribution in [2.45, 2.75) is 6.92 Å². The van der Waals surface area contributed by atoms with Crippen LogP contribution >= 0.6 is 11.3 Å². The van der Waals surface area contributed by atoms with E-state index in [0.717, 1.165) is 11.3 Å². The standard InChI is InChI=1S/C16H17FN2O4S/c1-10-14(16(21)23-9-13(20)18-7-8-22-2)24-15(19-10)11-3-5-12(17)6-4-11/h3-6H,7-9H2,1-2H3,(H,18,20). The molecule has 0 radical (unpaired) electrons. The summed E-state index contributed by atoms with van der Waals surface area (Å²) in [5.41, 5.74) is 1.21. The Morgan fingerprint density at radius 3 is 2.67 bits per heavy atom. The first-order chi connectivity index (χ1) is 11.5. The molecule has 0 aliphatic rings. The molecule has 1 aromatic heterocycles. The molecule has 0 aliphatic heterocycles. The van der Waals surface area contributed by atoms with Crippen LogP contribution in [0.25, 0.3) is 10.6 Å². The number of ether oxygens (including phenoxy) is 2. The van der Waals surface area contributed by atoms with E-state index in [1.807, 2.05) is 0 Å². The maximum atomic E-state index is 13.0. The van der Waals surface area contributed by atoms with Crippen LogP contribution in [0.4, 0.5) is 4.39 Å². The molecule has 0 atom stereocenters. The quantitative estimate of drug-likeness (QED) is 0.610. The summed E-state index contributed by atoms with van der Waals surface area (Å²) >= 11 is 1.14. The number of aromatic nitrogens is 1. The molecule has 2 rings (SSSR count). The van der Waals surface area contributed by atoms with E-state index in [9.17, 15) is 14.0 Å². The molecule has 1 aromatic carbocycles. The van der Waals surface area contributed by atoms with E-state index in [2.05, 4.69) is 10.3 Å². The molecule has 0 fully saturated rings. The summed E-state index contributed by atoms with van der Waals surface area (Å²) in [5, 5.41) is 3.14. The number of hydrogen-bond acceptors (Lipinski definition) is 6. The fourth-order valence-electron chi connectivity index (χ4n) is 1.84. The number of nitrogens with one attached hydrogen (secondary N) is 1. The van der Waals surface area contributed by atoms with Gasteiger partial charge in [-0.3, -0.25) is 4.79 Å². The van der Waals surface area contributed by atoms with Crippen molar-refractivity contribution in [1.29, 1.82) is 0 Å². The largest absolute Gasteiger partial charge is 0.451 e. The Kier molecular flexibility index (Phi) is 6.39. The van der Waals surface area contributed by atoms with Gasteiger partial charge in [-0.2, -0.15) is 0 Å². The number of rotatable bonds is 7. The van der Waals surface area contributed by atoms with E-state index >= 15 is 0 Å². The maximum Gasteiger partial charge on any atom is 0.350 e. The molecule has 1 N–H and O–H groups in total. The number of methoxy groups -OCH3 is 1. The lowest BCUT2D eigenvalue weighted by Crippen LogP contribution is -2.31. The summed E-state index contributed by atoms with van der Waals surface area (Å²) < 4.78 is 22.8. The Balaban J connectivity index is 1.97. The highest BCUT2D eigenvalue weighted by molar-refractivity contribution is 7.17. The first-order valence-corrected chi connectivity index (χ1v) is 7.99. The number of carbonyl (C=O) groups is 2. The molecule has 1 heterocycles. The summed E-state index contributed by atoms with van der Waals surface area (Å²) in [6.07, 6.45) is 0. The monoisotopic (exact) mass is 352 g/mol. The second-order valence-corrected chi connectivity index (χ2v) is 5.86. The van der Waals surface area contributed by atoms with Crippen molar-refractivity contribution in [2.24, 2.45) is 0 Å². The van der Waals surface area contributed by atoms with Gasteiger partial charge >= 0.3 is 5.97 Å². The molecular weight excluding hydrogens is 335 g/mol. The van der Waals surface area contributed by atoms with E-state index in [0.29, 0.717) is 34.3 Å². The van der Waals surface area contributed by atoms with Gasteiger partial charge in [-0.05, 0) is 31.2 Å². The van der Waals surface area contributed by atoms with Gasteiger partial charge in [0.1, 0.15) is 15.7 Å². The lowest BCUT2D eigenvalue weighted by atomic mass is 10.2. The summed E-state index contributed by atoms with van der Waals surface area (Å²) in [6, 6.07) is 5.83. The van der Waals surface area contributed by atoms with Crippen LogP contribution in [-0.4, -0.2) is 43.7 Å². The smallest absolute Gasteiger partial charge is 0.350 e. The van der Waals surface area contributed by atoms with E-state index in [-0.39, 0.29) is 12.4 Å². The normalized spacial score (nSPS) is 10.5. The molecule has 0 saturated carbocycles. The first kappa shape index (κ1) is 18.0. The fourth-order valence-corrected chi connectivity index (χ4v) is 2.81. The van der Waals surface area contributed by atoms with Crippen LogP contribution in [0.3, 0.4) is 0 Å². The van der Waals surface area contributed by atoms with Gasteiger partial charge in [0.15, 0.2) is 6.61 Å². The van der Waals surface area contributed by atoms with E-state index in [1.165, 1.54) is 19.2 Å². The van der Waals surface area contributed by atoms with Crippen molar-refractivity contribution < 1.29 is 23.5 Å². The van der Waals surface area contributed by atoms with Crippen LogP contribution in [0.1, 0.15) is 15.4 Å². The van der Waals surface area contributed by atoms with Crippen LogP contribution in [-0.2, 0) is 14.3 Å². The zero-order valence-corrected chi connectivity index (χ0v) is 14.1. The molecule has 0 saturated heterocycles. The highest BCUT2D eigenvalue weighted by atomic mass is 32.1. The number of halogens is 1. The lowest BCUT2D eigenvalue weighted by Gasteiger charge is -2.05. The van der Waals surface area contributed by atoms with Crippen molar-refractivity contribution in [3.05, 3.63) is 40.7 Å². The number of esters is 1. The van der Waals surface area contributed by atoms with Gasteiger partial charge in [0.05, 0.1) is 12.3 Å². The van der Waals surface area contributed by atoms with Gasteiger partial charge in [-0.15, -0.1) is 11.3 Å². The van der Waals surface area contributed by atoms with Crippen molar-refractivity contribution in [1.82, 2.24) is 10.3 Å². The van der Waals surface area contributed by atoms with Crippen LogP contribution in [0.5, 0.6) is 0 Å². The molecule has 0 spiro atoms. The molecule has 8 heteroatoms. The predicted octanol–water partition coefficient (Wildman–Crippen LogP) is 2.18. The number of benzene rings is 1. The third-order valence-corrected chi connectivity index (χ3v) is 4.22. The van der Waals surface area contributed by atoms with Crippen LogP contribution in [0.15, 0.2) is 24.3 Å². The average molecular weight is 352 g/mol. The first-order valence-electron chi connectivity index (χ1n) is 7.17. The van der Waals surface area contributed by atoms with Crippen molar-refractivity contribution in [3.8, 4) is 10.6 Å². The number of hydrogen-bond donors (Lipinski definition) is 1. The predicted molar refractivity (Wildman–Crippen MR) is 87.4 cm³/mol. The van der Waals surface area contributed by atoms with Crippen molar-refractivity contribution in [3.63, 3.8) is 0 Å². The molecule has 0 aliphatic carbocycles. The molecule has 1 amide bonds. The Bertz CT molecular complexity index is 715. The average Bonchev–Trinajstić information content (AvgIpc) is 2.95. The SMILES string of the molecule is COCCNC(=O)COC(=O)c1sc(-c2ccc(F)cc2)nc1C. The van der Waals surface area contributed by atoms with Crippen LogP contribution in [0.2, 0.25) is 0 Å². The molecule has 0 bridgehead atoms. The number of amides is 1. The van der Waals surface area contributed by atoms with Gasteiger partial charge in [-0.25, -0.2) is 14.2 Å².